The standard InChI is InChI=1S/C9H18O/c1-3-4-5-6-9(2)7-8-10/h5-6,9-10H,3-4,7-8H2,1-2H3/b6-5-. The first-order chi connectivity index (χ1) is 4.81. The molecular formula is C9H18O. The van der Waals surface area contributed by atoms with Crippen LogP contribution in [0, 0.1) is 5.92 Å². The number of unbranched alkanes of at least 4 members (excludes halogenated alkanes) is 1. The van der Waals surface area contributed by atoms with Gasteiger partial charge in [-0.25, -0.2) is 0 Å². The molecule has 0 aliphatic carbocycles. The van der Waals surface area contributed by atoms with Crippen LogP contribution in [0.2, 0.25) is 0 Å². The molecule has 0 saturated heterocycles. The van der Waals surface area contributed by atoms with E-state index in [9.17, 15) is 0 Å². The monoisotopic (exact) mass is 142 g/mol. The predicted octanol–water partition coefficient (Wildman–Crippen LogP) is 2.36. The SMILES string of the molecule is CCC/C=C\C(C)CCO. The molecule has 0 spiro atoms. The third kappa shape index (κ3) is 5.83. The highest BCUT2D eigenvalue weighted by Crippen LogP contribution is 2.03. The van der Waals surface area contributed by atoms with Crippen molar-refractivity contribution in [2.24, 2.45) is 5.92 Å². The fraction of sp³-hybridized carbons (Fsp3) is 0.778. The Hall–Kier alpha value is -0.300. The zero-order chi connectivity index (χ0) is 7.82. The summed E-state index contributed by atoms with van der Waals surface area (Å²) in [4.78, 5) is 0. The molecule has 1 nitrogen and oxygen atoms in total. The summed E-state index contributed by atoms with van der Waals surface area (Å²) < 4.78 is 0. The Balaban J connectivity index is 3.26. The third-order valence-corrected chi connectivity index (χ3v) is 1.50. The molecule has 0 saturated carbocycles. The van der Waals surface area contributed by atoms with E-state index in [0.717, 1.165) is 12.8 Å². The summed E-state index contributed by atoms with van der Waals surface area (Å²) in [7, 11) is 0. The molecule has 1 unspecified atom stereocenters. The molecule has 0 amide bonds. The van der Waals surface area contributed by atoms with Gasteiger partial charge in [-0.05, 0) is 18.8 Å². The van der Waals surface area contributed by atoms with Gasteiger partial charge < -0.3 is 5.11 Å². The van der Waals surface area contributed by atoms with Crippen LogP contribution in [0.5, 0.6) is 0 Å². The van der Waals surface area contributed by atoms with Gasteiger partial charge in [-0.15, -0.1) is 0 Å². The second-order valence-corrected chi connectivity index (χ2v) is 2.71. The van der Waals surface area contributed by atoms with E-state index in [0.29, 0.717) is 12.5 Å². The molecule has 0 aromatic rings. The van der Waals surface area contributed by atoms with Crippen molar-refractivity contribution < 1.29 is 5.11 Å². The van der Waals surface area contributed by atoms with Crippen molar-refractivity contribution >= 4 is 0 Å². The molecule has 0 rings (SSSR count). The van der Waals surface area contributed by atoms with Crippen LogP contribution in [0.1, 0.15) is 33.1 Å². The van der Waals surface area contributed by atoms with Gasteiger partial charge in [0.25, 0.3) is 0 Å². The first kappa shape index (κ1) is 9.70. The van der Waals surface area contributed by atoms with E-state index in [2.05, 4.69) is 26.0 Å². The number of aliphatic hydroxyl groups is 1. The number of hydrogen-bond donors (Lipinski definition) is 1. The normalized spacial score (nSPS) is 14.3. The Labute approximate surface area is 63.8 Å². The molecule has 1 N–H and O–H groups in total. The first-order valence-electron chi connectivity index (χ1n) is 4.08. The van der Waals surface area contributed by atoms with Crippen LogP contribution in [-0.2, 0) is 0 Å². The molecule has 0 bridgehead atoms. The third-order valence-electron chi connectivity index (χ3n) is 1.50. The lowest BCUT2D eigenvalue weighted by Gasteiger charge is -2.00. The smallest absolute Gasteiger partial charge is 0.0436 e. The zero-order valence-electron chi connectivity index (χ0n) is 7.01. The summed E-state index contributed by atoms with van der Waals surface area (Å²) in [5.74, 6) is 0.538. The van der Waals surface area contributed by atoms with E-state index in [1.165, 1.54) is 6.42 Å². The minimum atomic E-state index is 0.303. The average molecular weight is 142 g/mol. The summed E-state index contributed by atoms with van der Waals surface area (Å²) in [6, 6.07) is 0. The van der Waals surface area contributed by atoms with Gasteiger partial charge in [-0.1, -0.05) is 32.4 Å². The van der Waals surface area contributed by atoms with Gasteiger partial charge in [0.1, 0.15) is 0 Å². The van der Waals surface area contributed by atoms with Crippen molar-refractivity contribution in [2.75, 3.05) is 6.61 Å². The van der Waals surface area contributed by atoms with Crippen molar-refractivity contribution in [3.05, 3.63) is 12.2 Å². The molecular weight excluding hydrogens is 124 g/mol. The van der Waals surface area contributed by atoms with Crippen molar-refractivity contribution in [1.29, 1.82) is 0 Å². The Kier molecular flexibility index (Phi) is 6.61. The van der Waals surface area contributed by atoms with Gasteiger partial charge in [-0.2, -0.15) is 0 Å². The number of allylic oxidation sites excluding steroid dienone is 2. The summed E-state index contributed by atoms with van der Waals surface area (Å²) in [6.07, 6.45) is 7.64. The molecule has 0 aliphatic heterocycles. The molecule has 1 heteroatoms. The van der Waals surface area contributed by atoms with Gasteiger partial charge >= 0.3 is 0 Å². The maximum absolute atomic E-state index is 8.56. The van der Waals surface area contributed by atoms with Crippen LogP contribution >= 0.6 is 0 Å². The van der Waals surface area contributed by atoms with Gasteiger partial charge in [-0.3, -0.25) is 0 Å². The summed E-state index contributed by atoms with van der Waals surface area (Å²) in [5.41, 5.74) is 0. The maximum Gasteiger partial charge on any atom is 0.0436 e. The maximum atomic E-state index is 8.56. The molecule has 1 atom stereocenters. The average Bonchev–Trinajstić information content (AvgIpc) is 1.89. The minimum Gasteiger partial charge on any atom is -0.396 e. The van der Waals surface area contributed by atoms with Crippen molar-refractivity contribution in [3.63, 3.8) is 0 Å². The number of hydrogen-bond acceptors (Lipinski definition) is 1. The topological polar surface area (TPSA) is 20.2 Å². The van der Waals surface area contributed by atoms with Gasteiger partial charge in [0.05, 0.1) is 0 Å². The quantitative estimate of drug-likeness (QED) is 0.584. The fourth-order valence-corrected chi connectivity index (χ4v) is 0.795. The van der Waals surface area contributed by atoms with Crippen LogP contribution < -0.4 is 0 Å². The largest absolute Gasteiger partial charge is 0.396 e. The lowest BCUT2D eigenvalue weighted by atomic mass is 10.1. The highest BCUT2D eigenvalue weighted by atomic mass is 16.2. The van der Waals surface area contributed by atoms with E-state index in [-0.39, 0.29) is 0 Å². The molecule has 10 heavy (non-hydrogen) atoms. The molecule has 0 heterocycles. The Morgan fingerprint density at radius 1 is 1.50 bits per heavy atom. The number of rotatable bonds is 5. The van der Waals surface area contributed by atoms with Gasteiger partial charge in [0, 0.05) is 6.61 Å². The predicted molar refractivity (Wildman–Crippen MR) is 44.9 cm³/mol. The first-order valence-corrected chi connectivity index (χ1v) is 4.08. The summed E-state index contributed by atoms with van der Waals surface area (Å²) in [5, 5.41) is 8.56. The van der Waals surface area contributed by atoms with Crippen LogP contribution in [0.3, 0.4) is 0 Å². The zero-order valence-corrected chi connectivity index (χ0v) is 7.01. The Morgan fingerprint density at radius 3 is 2.70 bits per heavy atom. The van der Waals surface area contributed by atoms with Gasteiger partial charge in [0.15, 0.2) is 0 Å². The van der Waals surface area contributed by atoms with Crippen molar-refractivity contribution in [1.82, 2.24) is 0 Å². The molecule has 0 aromatic heterocycles. The van der Waals surface area contributed by atoms with Crippen LogP contribution in [-0.4, -0.2) is 11.7 Å². The van der Waals surface area contributed by atoms with Crippen molar-refractivity contribution in [3.8, 4) is 0 Å². The lowest BCUT2D eigenvalue weighted by Crippen LogP contribution is -1.92. The highest BCUT2D eigenvalue weighted by molar-refractivity contribution is 4.85. The number of aliphatic hydroxyl groups excluding tert-OH is 1. The molecule has 0 radical (unpaired) electrons. The Morgan fingerprint density at radius 2 is 2.20 bits per heavy atom. The molecule has 0 fully saturated rings. The minimum absolute atomic E-state index is 0.303. The summed E-state index contributed by atoms with van der Waals surface area (Å²) in [6.45, 7) is 4.60. The van der Waals surface area contributed by atoms with E-state index in [1.54, 1.807) is 0 Å². The van der Waals surface area contributed by atoms with E-state index in [4.69, 9.17) is 5.11 Å². The van der Waals surface area contributed by atoms with Crippen LogP contribution in [0.15, 0.2) is 12.2 Å². The van der Waals surface area contributed by atoms with Crippen LogP contribution in [0.4, 0.5) is 0 Å². The van der Waals surface area contributed by atoms with E-state index >= 15 is 0 Å². The molecule has 60 valence electrons. The Bertz CT molecular complexity index is 86.7. The highest BCUT2D eigenvalue weighted by Gasteiger charge is 1.92. The lowest BCUT2D eigenvalue weighted by molar-refractivity contribution is 0.274. The van der Waals surface area contributed by atoms with Crippen molar-refractivity contribution in [2.45, 2.75) is 33.1 Å². The van der Waals surface area contributed by atoms with Crippen LogP contribution in [0.25, 0.3) is 0 Å². The van der Waals surface area contributed by atoms with E-state index in [1.807, 2.05) is 0 Å². The molecule has 0 aliphatic rings. The second kappa shape index (κ2) is 6.81. The summed E-state index contributed by atoms with van der Waals surface area (Å²) >= 11 is 0. The molecule has 0 aromatic carbocycles. The second-order valence-electron chi connectivity index (χ2n) is 2.71. The fourth-order valence-electron chi connectivity index (χ4n) is 0.795. The van der Waals surface area contributed by atoms with E-state index < -0.39 is 0 Å². The van der Waals surface area contributed by atoms with Gasteiger partial charge in [0.2, 0.25) is 0 Å².